The van der Waals surface area contributed by atoms with Crippen molar-refractivity contribution in [3.63, 3.8) is 0 Å². The van der Waals surface area contributed by atoms with E-state index in [4.69, 9.17) is 14.6 Å². The summed E-state index contributed by atoms with van der Waals surface area (Å²) in [7, 11) is 0. The number of aliphatic carboxylic acids is 1. The molecule has 0 saturated carbocycles. The van der Waals surface area contributed by atoms with Gasteiger partial charge in [0.25, 0.3) is 5.91 Å². The van der Waals surface area contributed by atoms with E-state index in [1.54, 1.807) is 0 Å². The van der Waals surface area contributed by atoms with Crippen LogP contribution in [0.4, 0.5) is 4.79 Å². The molecular formula is C23H24N2O8. The predicted octanol–water partition coefficient (Wildman–Crippen LogP) is 1.02. The van der Waals surface area contributed by atoms with Gasteiger partial charge in [-0.1, -0.05) is 48.5 Å². The number of carboxylic acids is 1. The normalized spacial score (nSPS) is 13.8. The van der Waals surface area contributed by atoms with E-state index in [1.165, 1.54) is 6.92 Å². The molecule has 0 radical (unpaired) electrons. The smallest absolute Gasteiger partial charge is 0.408 e. The molecule has 1 unspecified atom stereocenters. The van der Waals surface area contributed by atoms with E-state index in [9.17, 15) is 24.3 Å². The summed E-state index contributed by atoms with van der Waals surface area (Å²) in [5.41, 5.74) is 4.08. The number of alkyl carbamates (subject to hydrolysis) is 1. The molecule has 0 saturated heterocycles. The number of fused-ring (bicyclic) bond motifs is 3. The number of nitrogens with one attached hydrogen (secondary N) is 2. The van der Waals surface area contributed by atoms with Crippen molar-refractivity contribution >= 4 is 23.9 Å². The van der Waals surface area contributed by atoms with Crippen molar-refractivity contribution in [1.82, 2.24) is 10.6 Å². The Kier molecular flexibility index (Phi) is 7.62. The van der Waals surface area contributed by atoms with Gasteiger partial charge in [-0.2, -0.15) is 0 Å². The van der Waals surface area contributed by atoms with Crippen molar-refractivity contribution in [2.75, 3.05) is 19.8 Å². The van der Waals surface area contributed by atoms with Crippen molar-refractivity contribution in [1.29, 1.82) is 0 Å². The standard InChI is InChI=1S/C23H24N2O8/c1-2-32-22(30)19(20(27)24-11-18(26)21(28)29)25-23(31)33-12-17-15-9-5-3-7-13(15)14-8-4-6-10-16(14)17/h3-10,17-19,26H,2,11-12H2,1H3,(H,24,27)(H,25,31)(H,28,29)/t18-,19?/m0/s1. The van der Waals surface area contributed by atoms with Gasteiger partial charge in [-0.3, -0.25) is 10.1 Å². The second-order valence-corrected chi connectivity index (χ2v) is 7.25. The number of ether oxygens (including phenoxy) is 2. The number of hydrogen-bond acceptors (Lipinski definition) is 7. The van der Waals surface area contributed by atoms with Gasteiger partial charge >= 0.3 is 18.0 Å². The van der Waals surface area contributed by atoms with E-state index in [0.29, 0.717) is 0 Å². The zero-order chi connectivity index (χ0) is 24.0. The fraction of sp³-hybridized carbons (Fsp3) is 0.304. The Hall–Kier alpha value is -3.92. The first kappa shape index (κ1) is 23.7. The number of aliphatic hydroxyl groups excluding tert-OH is 1. The zero-order valence-corrected chi connectivity index (χ0v) is 17.8. The molecule has 0 aliphatic heterocycles. The summed E-state index contributed by atoms with van der Waals surface area (Å²) >= 11 is 0. The summed E-state index contributed by atoms with van der Waals surface area (Å²) in [5, 5.41) is 22.2. The highest BCUT2D eigenvalue weighted by Crippen LogP contribution is 2.44. The maximum atomic E-state index is 12.4. The molecule has 0 aromatic heterocycles. The van der Waals surface area contributed by atoms with Gasteiger partial charge in [-0.15, -0.1) is 0 Å². The lowest BCUT2D eigenvalue weighted by Crippen LogP contribution is -2.53. The minimum Gasteiger partial charge on any atom is -0.479 e. The first-order valence-electron chi connectivity index (χ1n) is 10.3. The number of aliphatic hydroxyl groups is 1. The van der Waals surface area contributed by atoms with Gasteiger partial charge in [0.15, 0.2) is 6.10 Å². The van der Waals surface area contributed by atoms with Crippen molar-refractivity contribution in [2.24, 2.45) is 0 Å². The van der Waals surface area contributed by atoms with Crippen LogP contribution in [0.1, 0.15) is 24.0 Å². The summed E-state index contributed by atoms with van der Waals surface area (Å²) in [5.74, 6) is -3.85. The Balaban J connectivity index is 1.66. The van der Waals surface area contributed by atoms with Crippen LogP contribution in [-0.4, -0.2) is 66.1 Å². The molecule has 0 bridgehead atoms. The van der Waals surface area contributed by atoms with Gasteiger partial charge < -0.3 is 25.0 Å². The van der Waals surface area contributed by atoms with Crippen LogP contribution in [0.2, 0.25) is 0 Å². The average molecular weight is 456 g/mol. The minimum absolute atomic E-state index is 0.0330. The second-order valence-electron chi connectivity index (χ2n) is 7.25. The molecule has 3 rings (SSSR count). The van der Waals surface area contributed by atoms with Crippen molar-refractivity contribution in [3.8, 4) is 11.1 Å². The molecule has 2 aromatic carbocycles. The lowest BCUT2D eigenvalue weighted by atomic mass is 9.98. The number of amides is 2. The summed E-state index contributed by atoms with van der Waals surface area (Å²) in [6, 6.07) is 13.7. The van der Waals surface area contributed by atoms with Crippen LogP contribution in [0.5, 0.6) is 0 Å². The third-order valence-corrected chi connectivity index (χ3v) is 5.15. The molecule has 2 amide bonds. The highest BCUT2D eigenvalue weighted by Gasteiger charge is 2.33. The lowest BCUT2D eigenvalue weighted by Gasteiger charge is -2.19. The average Bonchev–Trinajstić information content (AvgIpc) is 3.13. The minimum atomic E-state index is -1.87. The van der Waals surface area contributed by atoms with Crippen molar-refractivity contribution in [2.45, 2.75) is 25.0 Å². The fourth-order valence-corrected chi connectivity index (χ4v) is 3.60. The van der Waals surface area contributed by atoms with Gasteiger partial charge in [0.1, 0.15) is 6.61 Å². The van der Waals surface area contributed by atoms with E-state index in [2.05, 4.69) is 10.6 Å². The topological polar surface area (TPSA) is 151 Å². The molecule has 0 fully saturated rings. The molecule has 0 heterocycles. The number of rotatable bonds is 9. The van der Waals surface area contributed by atoms with Gasteiger partial charge in [0.05, 0.1) is 13.2 Å². The lowest BCUT2D eigenvalue weighted by molar-refractivity contribution is -0.149. The Morgan fingerprint density at radius 1 is 0.970 bits per heavy atom. The van der Waals surface area contributed by atoms with E-state index in [-0.39, 0.29) is 19.1 Å². The molecule has 1 aliphatic rings. The molecule has 1 aliphatic carbocycles. The maximum absolute atomic E-state index is 12.4. The van der Waals surface area contributed by atoms with Gasteiger partial charge in [-0.25, -0.2) is 14.4 Å². The van der Waals surface area contributed by atoms with Gasteiger partial charge in [0.2, 0.25) is 6.04 Å². The predicted molar refractivity (Wildman–Crippen MR) is 115 cm³/mol. The van der Waals surface area contributed by atoms with Crippen LogP contribution in [0.3, 0.4) is 0 Å². The van der Waals surface area contributed by atoms with E-state index < -0.39 is 42.6 Å². The monoisotopic (exact) mass is 456 g/mol. The van der Waals surface area contributed by atoms with Gasteiger partial charge in [0, 0.05) is 5.92 Å². The quantitative estimate of drug-likeness (QED) is 0.322. The Morgan fingerprint density at radius 2 is 1.55 bits per heavy atom. The van der Waals surface area contributed by atoms with Crippen LogP contribution in [0.25, 0.3) is 11.1 Å². The number of benzene rings is 2. The zero-order valence-electron chi connectivity index (χ0n) is 17.8. The van der Waals surface area contributed by atoms with Gasteiger partial charge in [-0.05, 0) is 29.2 Å². The Labute approximate surface area is 189 Å². The SMILES string of the molecule is CCOC(=O)C(NC(=O)OCC1c2ccccc2-c2ccccc21)C(=O)NC[C@H](O)C(=O)O. The molecule has 0 spiro atoms. The summed E-state index contributed by atoms with van der Waals surface area (Å²) < 4.78 is 10.1. The van der Waals surface area contributed by atoms with Crippen LogP contribution in [-0.2, 0) is 23.9 Å². The number of carbonyl (C=O) groups is 4. The van der Waals surface area contributed by atoms with E-state index in [0.717, 1.165) is 22.3 Å². The first-order chi connectivity index (χ1) is 15.8. The summed E-state index contributed by atoms with van der Waals surface area (Å²) in [4.78, 5) is 47.6. The maximum Gasteiger partial charge on any atom is 0.408 e. The number of esters is 1. The van der Waals surface area contributed by atoms with Crippen molar-refractivity contribution in [3.05, 3.63) is 59.7 Å². The van der Waals surface area contributed by atoms with Crippen LogP contribution >= 0.6 is 0 Å². The highest BCUT2D eigenvalue weighted by atomic mass is 16.6. The molecule has 4 N–H and O–H groups in total. The van der Waals surface area contributed by atoms with Crippen LogP contribution < -0.4 is 10.6 Å². The number of hydrogen-bond donors (Lipinski definition) is 4. The Morgan fingerprint density at radius 3 is 2.09 bits per heavy atom. The van der Waals surface area contributed by atoms with Crippen LogP contribution in [0, 0.1) is 0 Å². The first-order valence-corrected chi connectivity index (χ1v) is 10.3. The molecule has 2 aromatic rings. The molecular weight excluding hydrogens is 432 g/mol. The van der Waals surface area contributed by atoms with Crippen molar-refractivity contribution < 1.29 is 38.9 Å². The largest absolute Gasteiger partial charge is 0.479 e. The van der Waals surface area contributed by atoms with Crippen LogP contribution in [0.15, 0.2) is 48.5 Å². The van der Waals surface area contributed by atoms with E-state index in [1.807, 2.05) is 48.5 Å². The molecule has 10 heteroatoms. The third kappa shape index (κ3) is 5.47. The summed E-state index contributed by atoms with van der Waals surface area (Å²) in [6.07, 6.45) is -2.89. The molecule has 174 valence electrons. The molecule has 33 heavy (non-hydrogen) atoms. The highest BCUT2D eigenvalue weighted by molar-refractivity contribution is 6.04. The molecule has 2 atom stereocenters. The van der Waals surface area contributed by atoms with E-state index >= 15 is 0 Å². The summed E-state index contributed by atoms with van der Waals surface area (Å²) in [6.45, 7) is 0.784. The molecule has 10 nitrogen and oxygen atoms in total. The Bertz CT molecular complexity index is 1010. The number of carboxylic acid groups (broad SMARTS) is 1. The second kappa shape index (κ2) is 10.6. The third-order valence-electron chi connectivity index (χ3n) is 5.15. The number of carbonyl (C=O) groups excluding carboxylic acids is 3. The fourth-order valence-electron chi connectivity index (χ4n) is 3.60.